The van der Waals surface area contributed by atoms with Crippen LogP contribution in [0.3, 0.4) is 0 Å². The second-order valence-corrected chi connectivity index (χ2v) is 6.08. The lowest BCUT2D eigenvalue weighted by Crippen LogP contribution is -2.34. The van der Waals surface area contributed by atoms with Crippen molar-refractivity contribution in [1.82, 2.24) is 5.32 Å². The Morgan fingerprint density at radius 2 is 2.18 bits per heavy atom. The van der Waals surface area contributed by atoms with Crippen LogP contribution in [0, 0.1) is 5.92 Å². The van der Waals surface area contributed by atoms with E-state index >= 15 is 0 Å². The number of hydrogen-bond acceptors (Lipinski definition) is 3. The van der Waals surface area contributed by atoms with Gasteiger partial charge in [0.1, 0.15) is 0 Å². The Balaban J connectivity index is 1.49. The van der Waals surface area contributed by atoms with Crippen LogP contribution in [0.4, 0.5) is 0 Å². The summed E-state index contributed by atoms with van der Waals surface area (Å²) in [5.74, 6) is 0.933. The van der Waals surface area contributed by atoms with Gasteiger partial charge in [-0.3, -0.25) is 0 Å². The molecular formula is C14H23NOS. The topological polar surface area (TPSA) is 21.3 Å². The van der Waals surface area contributed by atoms with E-state index in [4.69, 9.17) is 4.74 Å². The van der Waals surface area contributed by atoms with Crippen LogP contribution < -0.4 is 5.32 Å². The maximum atomic E-state index is 5.64. The molecule has 3 heteroatoms. The zero-order chi connectivity index (χ0) is 11.9. The molecule has 0 bridgehead atoms. The largest absolute Gasteiger partial charge is 0.375 e. The van der Waals surface area contributed by atoms with Gasteiger partial charge in [-0.05, 0) is 43.0 Å². The highest BCUT2D eigenvalue weighted by Crippen LogP contribution is 2.23. The maximum Gasteiger partial charge on any atom is 0.0809 e. The van der Waals surface area contributed by atoms with Crippen molar-refractivity contribution in [1.29, 1.82) is 0 Å². The van der Waals surface area contributed by atoms with Crippen molar-refractivity contribution in [3.05, 3.63) is 22.4 Å². The van der Waals surface area contributed by atoms with Gasteiger partial charge in [-0.2, -0.15) is 0 Å². The molecule has 1 aliphatic carbocycles. The Labute approximate surface area is 108 Å². The molecule has 96 valence electrons. The standard InChI is InChI=1S/C14H23NOS/c1-12-4-6-13(7-5-12)15-8-9-16-11-14-3-2-10-17-14/h2-3,10,12-13,15H,4-9,11H2,1H3. The molecule has 1 saturated carbocycles. The molecule has 1 aromatic rings. The Bertz CT molecular complexity index is 291. The highest BCUT2D eigenvalue weighted by atomic mass is 32.1. The summed E-state index contributed by atoms with van der Waals surface area (Å²) in [6, 6.07) is 4.93. The van der Waals surface area contributed by atoms with Gasteiger partial charge < -0.3 is 10.1 Å². The van der Waals surface area contributed by atoms with Crippen LogP contribution in [0.25, 0.3) is 0 Å². The van der Waals surface area contributed by atoms with Gasteiger partial charge in [-0.25, -0.2) is 0 Å². The molecule has 0 unspecified atom stereocenters. The van der Waals surface area contributed by atoms with Crippen molar-refractivity contribution in [3.63, 3.8) is 0 Å². The first-order chi connectivity index (χ1) is 8.34. The number of nitrogens with one attached hydrogen (secondary N) is 1. The van der Waals surface area contributed by atoms with E-state index in [1.54, 1.807) is 11.3 Å². The molecule has 2 nitrogen and oxygen atoms in total. The van der Waals surface area contributed by atoms with Crippen molar-refractivity contribution in [3.8, 4) is 0 Å². The molecule has 17 heavy (non-hydrogen) atoms. The van der Waals surface area contributed by atoms with Crippen LogP contribution in [0.15, 0.2) is 17.5 Å². The van der Waals surface area contributed by atoms with Gasteiger partial charge >= 0.3 is 0 Å². The van der Waals surface area contributed by atoms with E-state index in [-0.39, 0.29) is 0 Å². The Hall–Kier alpha value is -0.380. The third-order valence-corrected chi connectivity index (χ3v) is 4.37. The number of hydrogen-bond donors (Lipinski definition) is 1. The summed E-state index contributed by atoms with van der Waals surface area (Å²) in [6.07, 6.45) is 5.44. The van der Waals surface area contributed by atoms with Crippen molar-refractivity contribution >= 4 is 11.3 Å². The van der Waals surface area contributed by atoms with E-state index in [2.05, 4.69) is 29.8 Å². The van der Waals surface area contributed by atoms with Crippen LogP contribution >= 0.6 is 11.3 Å². The van der Waals surface area contributed by atoms with Gasteiger partial charge in [0, 0.05) is 17.5 Å². The Kier molecular flexibility index (Phi) is 5.49. The maximum absolute atomic E-state index is 5.64. The van der Waals surface area contributed by atoms with E-state index in [1.165, 1.54) is 30.6 Å². The average molecular weight is 253 g/mol. The summed E-state index contributed by atoms with van der Waals surface area (Å²) in [6.45, 7) is 4.94. The minimum Gasteiger partial charge on any atom is -0.375 e. The lowest BCUT2D eigenvalue weighted by atomic mass is 9.87. The fraction of sp³-hybridized carbons (Fsp3) is 0.714. The summed E-state index contributed by atoms with van der Waals surface area (Å²) in [5, 5.41) is 5.70. The second-order valence-electron chi connectivity index (χ2n) is 5.04. The van der Waals surface area contributed by atoms with Crippen LogP contribution in [0.5, 0.6) is 0 Å². The monoisotopic (exact) mass is 253 g/mol. The molecule has 0 spiro atoms. The van der Waals surface area contributed by atoms with Gasteiger partial charge in [-0.1, -0.05) is 13.0 Å². The smallest absolute Gasteiger partial charge is 0.0809 e. The minimum atomic E-state index is 0.733. The van der Waals surface area contributed by atoms with Gasteiger partial charge in [0.05, 0.1) is 13.2 Å². The molecule has 0 amide bonds. The molecule has 0 atom stereocenters. The fourth-order valence-corrected chi connectivity index (χ4v) is 3.01. The van der Waals surface area contributed by atoms with Crippen LogP contribution in [0.1, 0.15) is 37.5 Å². The summed E-state index contributed by atoms with van der Waals surface area (Å²) in [7, 11) is 0. The van der Waals surface area contributed by atoms with Crippen LogP contribution in [-0.4, -0.2) is 19.2 Å². The molecular weight excluding hydrogens is 230 g/mol. The molecule has 0 aliphatic heterocycles. The Morgan fingerprint density at radius 1 is 1.35 bits per heavy atom. The fourth-order valence-electron chi connectivity index (χ4n) is 2.37. The summed E-state index contributed by atoms with van der Waals surface area (Å²) in [5.41, 5.74) is 0. The Morgan fingerprint density at radius 3 is 2.88 bits per heavy atom. The summed E-state index contributed by atoms with van der Waals surface area (Å²) < 4.78 is 5.64. The zero-order valence-corrected chi connectivity index (χ0v) is 11.5. The second kappa shape index (κ2) is 7.14. The molecule has 1 fully saturated rings. The predicted octanol–water partition coefficient (Wildman–Crippen LogP) is 3.43. The summed E-state index contributed by atoms with van der Waals surface area (Å²) >= 11 is 1.76. The molecule has 1 N–H and O–H groups in total. The third-order valence-electron chi connectivity index (χ3n) is 3.52. The normalized spacial score (nSPS) is 25.0. The first-order valence-corrected chi connectivity index (χ1v) is 7.56. The van der Waals surface area contributed by atoms with Crippen molar-refractivity contribution < 1.29 is 4.74 Å². The van der Waals surface area contributed by atoms with E-state index < -0.39 is 0 Å². The lowest BCUT2D eigenvalue weighted by Gasteiger charge is -2.26. The predicted molar refractivity (Wildman–Crippen MR) is 73.4 cm³/mol. The molecule has 1 heterocycles. The van der Waals surface area contributed by atoms with E-state index in [9.17, 15) is 0 Å². The van der Waals surface area contributed by atoms with Gasteiger partial charge in [0.25, 0.3) is 0 Å². The molecule has 0 saturated heterocycles. The van der Waals surface area contributed by atoms with Gasteiger partial charge in [0.2, 0.25) is 0 Å². The average Bonchev–Trinajstić information content (AvgIpc) is 2.84. The highest BCUT2D eigenvalue weighted by Gasteiger charge is 2.16. The van der Waals surface area contributed by atoms with E-state index in [0.29, 0.717) is 0 Å². The number of ether oxygens (including phenoxy) is 1. The van der Waals surface area contributed by atoms with Crippen molar-refractivity contribution in [2.45, 2.75) is 45.3 Å². The molecule has 1 aromatic heterocycles. The van der Waals surface area contributed by atoms with Gasteiger partial charge in [0.15, 0.2) is 0 Å². The third kappa shape index (κ3) is 4.78. The van der Waals surface area contributed by atoms with Crippen molar-refractivity contribution in [2.24, 2.45) is 5.92 Å². The molecule has 0 aromatic carbocycles. The lowest BCUT2D eigenvalue weighted by molar-refractivity contribution is 0.120. The van der Waals surface area contributed by atoms with Crippen LogP contribution in [-0.2, 0) is 11.3 Å². The zero-order valence-electron chi connectivity index (χ0n) is 10.7. The quantitative estimate of drug-likeness (QED) is 0.784. The van der Waals surface area contributed by atoms with Gasteiger partial charge in [-0.15, -0.1) is 11.3 Å². The molecule has 2 rings (SSSR count). The number of rotatable bonds is 6. The first-order valence-electron chi connectivity index (χ1n) is 6.68. The highest BCUT2D eigenvalue weighted by molar-refractivity contribution is 7.09. The number of thiophene rings is 1. The van der Waals surface area contributed by atoms with Crippen LogP contribution in [0.2, 0.25) is 0 Å². The first kappa shape index (κ1) is 13.1. The van der Waals surface area contributed by atoms with E-state index in [1.807, 2.05) is 0 Å². The minimum absolute atomic E-state index is 0.733. The molecule has 0 radical (unpaired) electrons. The molecule has 1 aliphatic rings. The van der Waals surface area contributed by atoms with E-state index in [0.717, 1.165) is 31.7 Å². The summed E-state index contributed by atoms with van der Waals surface area (Å²) in [4.78, 5) is 1.32. The van der Waals surface area contributed by atoms with Crippen molar-refractivity contribution in [2.75, 3.05) is 13.2 Å². The SMILES string of the molecule is CC1CCC(NCCOCc2cccs2)CC1.